The van der Waals surface area contributed by atoms with Crippen molar-refractivity contribution in [3.05, 3.63) is 22.6 Å². The molecule has 0 spiro atoms. The van der Waals surface area contributed by atoms with Gasteiger partial charge in [0.2, 0.25) is 0 Å². The van der Waals surface area contributed by atoms with Crippen molar-refractivity contribution in [2.45, 2.75) is 43.9 Å². The van der Waals surface area contributed by atoms with Gasteiger partial charge in [0.1, 0.15) is 0 Å². The molecule has 1 heterocycles. The van der Waals surface area contributed by atoms with Gasteiger partial charge in [-0.1, -0.05) is 19.3 Å². The zero-order valence-corrected chi connectivity index (χ0v) is 11.1. The summed E-state index contributed by atoms with van der Waals surface area (Å²) in [5.41, 5.74) is 1.26. The molecular formula is C12H16BrClO. The highest BCUT2D eigenvalue weighted by atomic mass is 79.9. The van der Waals surface area contributed by atoms with Crippen LogP contribution in [0.4, 0.5) is 0 Å². The Labute approximate surface area is 104 Å². The fourth-order valence-electron chi connectivity index (χ4n) is 2.32. The Bertz CT molecular complexity index is 310. The number of hydrogen-bond donors (Lipinski definition) is 0. The van der Waals surface area contributed by atoms with Crippen LogP contribution in [0.1, 0.15) is 37.7 Å². The summed E-state index contributed by atoms with van der Waals surface area (Å²) in [5.74, 6) is 0.624. The van der Waals surface area contributed by atoms with E-state index in [2.05, 4.69) is 22.0 Å². The second-order valence-electron chi connectivity index (χ2n) is 4.38. The number of halogens is 2. The van der Waals surface area contributed by atoms with Crippen molar-refractivity contribution in [2.24, 2.45) is 5.92 Å². The van der Waals surface area contributed by atoms with Crippen LogP contribution >= 0.6 is 27.5 Å². The quantitative estimate of drug-likeness (QED) is 0.565. The Hall–Kier alpha value is 0.0500. The molecule has 0 radical (unpaired) electrons. The van der Waals surface area contributed by atoms with E-state index >= 15 is 0 Å². The normalized spacial score (nSPS) is 27.6. The molecule has 1 aliphatic carbocycles. The molecule has 1 nitrogen and oxygen atoms in total. The van der Waals surface area contributed by atoms with Gasteiger partial charge in [0.05, 0.1) is 6.26 Å². The molecule has 2 atom stereocenters. The van der Waals surface area contributed by atoms with Crippen molar-refractivity contribution in [3.8, 4) is 0 Å². The lowest BCUT2D eigenvalue weighted by Gasteiger charge is -2.18. The smallest absolute Gasteiger partial charge is 0.169 e. The van der Waals surface area contributed by atoms with Crippen LogP contribution in [0.15, 0.2) is 21.4 Å². The molecule has 0 bridgehead atoms. The number of rotatable bonds is 2. The van der Waals surface area contributed by atoms with E-state index in [0.717, 1.165) is 11.1 Å². The highest BCUT2D eigenvalue weighted by Gasteiger charge is 2.22. The Kier molecular flexibility index (Phi) is 4.15. The largest absolute Gasteiger partial charge is 0.457 e. The van der Waals surface area contributed by atoms with Gasteiger partial charge < -0.3 is 4.42 Å². The van der Waals surface area contributed by atoms with Crippen LogP contribution in [0.5, 0.6) is 0 Å². The minimum Gasteiger partial charge on any atom is -0.457 e. The predicted molar refractivity (Wildman–Crippen MR) is 66.3 cm³/mol. The van der Waals surface area contributed by atoms with Gasteiger partial charge in [-0.2, -0.15) is 0 Å². The maximum atomic E-state index is 6.40. The van der Waals surface area contributed by atoms with E-state index < -0.39 is 0 Å². The topological polar surface area (TPSA) is 13.1 Å². The third-order valence-corrected chi connectivity index (χ3v) is 4.18. The molecule has 1 aliphatic rings. The van der Waals surface area contributed by atoms with Gasteiger partial charge in [0.15, 0.2) is 4.67 Å². The molecule has 0 saturated heterocycles. The molecule has 1 aromatic rings. The molecular weight excluding hydrogens is 275 g/mol. The molecule has 2 rings (SSSR count). The Balaban J connectivity index is 1.97. The monoisotopic (exact) mass is 290 g/mol. The fraction of sp³-hybridized carbons (Fsp3) is 0.667. The summed E-state index contributed by atoms with van der Waals surface area (Å²) in [6, 6.07) is 2.05. The van der Waals surface area contributed by atoms with Gasteiger partial charge in [-0.05, 0) is 52.7 Å². The highest BCUT2D eigenvalue weighted by Crippen LogP contribution is 2.31. The molecule has 0 N–H and O–H groups in total. The van der Waals surface area contributed by atoms with Crippen LogP contribution in [-0.4, -0.2) is 5.38 Å². The van der Waals surface area contributed by atoms with Gasteiger partial charge in [-0.25, -0.2) is 0 Å². The van der Waals surface area contributed by atoms with Crippen molar-refractivity contribution in [2.75, 3.05) is 0 Å². The average Bonchev–Trinajstić information content (AvgIpc) is 2.50. The summed E-state index contributed by atoms with van der Waals surface area (Å²) >= 11 is 9.73. The molecule has 84 valence electrons. The Morgan fingerprint density at radius 2 is 2.13 bits per heavy atom. The van der Waals surface area contributed by atoms with E-state index in [9.17, 15) is 0 Å². The standard InChI is InChI=1S/C12H16BrClO/c13-12-7-9(8-15-12)6-10-4-2-1-3-5-11(10)14/h7-8,10-11H,1-6H2. The molecule has 1 aromatic heterocycles. The molecule has 0 aliphatic heterocycles. The predicted octanol–water partition coefficient (Wildman–Crippen LogP) is 4.77. The maximum Gasteiger partial charge on any atom is 0.169 e. The van der Waals surface area contributed by atoms with Crippen LogP contribution < -0.4 is 0 Å². The molecule has 1 fully saturated rings. The molecule has 0 aromatic carbocycles. The van der Waals surface area contributed by atoms with Gasteiger partial charge in [-0.15, -0.1) is 11.6 Å². The van der Waals surface area contributed by atoms with E-state index in [1.165, 1.54) is 37.7 Å². The van der Waals surface area contributed by atoms with Gasteiger partial charge in [0, 0.05) is 5.38 Å². The average molecular weight is 292 g/mol. The summed E-state index contributed by atoms with van der Waals surface area (Å²) in [6.07, 6.45) is 9.28. The molecule has 2 unspecified atom stereocenters. The van der Waals surface area contributed by atoms with Crippen molar-refractivity contribution < 1.29 is 4.42 Å². The van der Waals surface area contributed by atoms with E-state index in [1.807, 2.05) is 6.26 Å². The summed E-state index contributed by atoms with van der Waals surface area (Å²) < 4.78 is 6.06. The van der Waals surface area contributed by atoms with Gasteiger partial charge in [0.25, 0.3) is 0 Å². The van der Waals surface area contributed by atoms with E-state index in [-0.39, 0.29) is 0 Å². The first-order valence-corrected chi connectivity index (χ1v) is 6.85. The minimum absolute atomic E-state index is 0.348. The van der Waals surface area contributed by atoms with Gasteiger partial charge >= 0.3 is 0 Å². The minimum atomic E-state index is 0.348. The summed E-state index contributed by atoms with van der Waals surface area (Å²) in [4.78, 5) is 0. The molecule has 0 amide bonds. The van der Waals surface area contributed by atoms with Crippen molar-refractivity contribution in [1.29, 1.82) is 0 Å². The summed E-state index contributed by atoms with van der Waals surface area (Å²) in [5, 5.41) is 0.348. The fourth-order valence-corrected chi connectivity index (χ4v) is 3.08. The third kappa shape index (κ3) is 3.25. The lowest BCUT2D eigenvalue weighted by atomic mass is 9.93. The van der Waals surface area contributed by atoms with E-state index in [1.54, 1.807) is 0 Å². The Morgan fingerprint density at radius 3 is 2.87 bits per heavy atom. The second-order valence-corrected chi connectivity index (χ2v) is 5.72. The maximum absolute atomic E-state index is 6.40. The van der Waals surface area contributed by atoms with Crippen LogP contribution in [-0.2, 0) is 6.42 Å². The van der Waals surface area contributed by atoms with Crippen molar-refractivity contribution in [3.63, 3.8) is 0 Å². The zero-order chi connectivity index (χ0) is 10.7. The first-order chi connectivity index (χ1) is 7.25. The van der Waals surface area contributed by atoms with Crippen molar-refractivity contribution in [1.82, 2.24) is 0 Å². The number of furan rings is 1. The van der Waals surface area contributed by atoms with Crippen molar-refractivity contribution >= 4 is 27.5 Å². The van der Waals surface area contributed by atoms with Gasteiger partial charge in [-0.3, -0.25) is 0 Å². The first-order valence-electron chi connectivity index (χ1n) is 5.62. The van der Waals surface area contributed by atoms with Crippen LogP contribution in [0.25, 0.3) is 0 Å². The summed E-state index contributed by atoms with van der Waals surface area (Å²) in [7, 11) is 0. The summed E-state index contributed by atoms with van der Waals surface area (Å²) in [6.45, 7) is 0. The molecule has 15 heavy (non-hydrogen) atoms. The molecule has 3 heteroatoms. The van der Waals surface area contributed by atoms with E-state index in [0.29, 0.717) is 11.3 Å². The number of hydrogen-bond acceptors (Lipinski definition) is 1. The third-order valence-electron chi connectivity index (χ3n) is 3.19. The van der Waals surface area contributed by atoms with E-state index in [4.69, 9.17) is 16.0 Å². The molecule has 1 saturated carbocycles. The van der Waals surface area contributed by atoms with Crippen LogP contribution in [0, 0.1) is 5.92 Å². The SMILES string of the molecule is ClC1CCCCCC1Cc1coc(Br)c1. The Morgan fingerprint density at radius 1 is 1.33 bits per heavy atom. The lowest BCUT2D eigenvalue weighted by Crippen LogP contribution is -2.15. The number of alkyl halides is 1. The highest BCUT2D eigenvalue weighted by molar-refractivity contribution is 9.10. The lowest BCUT2D eigenvalue weighted by molar-refractivity contribution is 0.461. The van der Waals surface area contributed by atoms with Crippen LogP contribution in [0.3, 0.4) is 0 Å². The van der Waals surface area contributed by atoms with Crippen LogP contribution in [0.2, 0.25) is 0 Å². The zero-order valence-electron chi connectivity index (χ0n) is 8.72. The first kappa shape index (κ1) is 11.5. The second kappa shape index (κ2) is 5.40.